The van der Waals surface area contributed by atoms with Crippen molar-refractivity contribution in [1.82, 2.24) is 10.3 Å². The Hall–Kier alpha value is -0.940. The number of thiazole rings is 1. The van der Waals surface area contributed by atoms with Crippen LogP contribution in [0.1, 0.15) is 10.6 Å². The molecule has 2 rings (SSSR count). The minimum atomic E-state index is -0.298. The Morgan fingerprint density at radius 3 is 3.42 bits per heavy atom. The molecule has 1 unspecified atom stereocenters. The van der Waals surface area contributed by atoms with Crippen LogP contribution in [0.25, 0.3) is 0 Å². The Bertz CT molecular complexity index is 309. The Morgan fingerprint density at radius 1 is 1.83 bits per heavy atom. The van der Waals surface area contributed by atoms with E-state index in [1.54, 1.807) is 16.8 Å². The van der Waals surface area contributed by atoms with Crippen LogP contribution >= 0.6 is 11.3 Å². The minimum Gasteiger partial charge on any atom is -0.368 e. The van der Waals surface area contributed by atoms with Gasteiger partial charge in [-0.05, 0) is 0 Å². The van der Waals surface area contributed by atoms with Gasteiger partial charge in [-0.1, -0.05) is 0 Å². The molecule has 12 heavy (non-hydrogen) atoms. The first-order valence-electron chi connectivity index (χ1n) is 3.71. The zero-order valence-corrected chi connectivity index (χ0v) is 7.23. The Balaban J connectivity index is 2.20. The van der Waals surface area contributed by atoms with Gasteiger partial charge in [0.2, 0.25) is 5.91 Å². The molecule has 3 N–H and O–H groups in total. The van der Waals surface area contributed by atoms with Gasteiger partial charge in [0.15, 0.2) is 0 Å². The standard InChI is InChI=1S/C7H9N3OS/c8-7(11)5-1-4-6(2-9-5)12-3-10-4/h3,5,9H,1-2H2,(H2,8,11). The summed E-state index contributed by atoms with van der Waals surface area (Å²) in [6.45, 7) is 0.716. The maximum Gasteiger partial charge on any atom is 0.234 e. The zero-order valence-electron chi connectivity index (χ0n) is 6.41. The summed E-state index contributed by atoms with van der Waals surface area (Å²) >= 11 is 1.61. The number of primary amides is 1. The van der Waals surface area contributed by atoms with Crippen molar-refractivity contribution in [2.24, 2.45) is 5.73 Å². The molecule has 0 fully saturated rings. The van der Waals surface area contributed by atoms with Crippen molar-refractivity contribution >= 4 is 17.2 Å². The molecule has 1 aliphatic rings. The van der Waals surface area contributed by atoms with E-state index in [1.807, 2.05) is 0 Å². The van der Waals surface area contributed by atoms with Crippen molar-refractivity contribution in [2.75, 3.05) is 0 Å². The van der Waals surface area contributed by atoms with Gasteiger partial charge in [-0.15, -0.1) is 11.3 Å². The number of hydrogen-bond acceptors (Lipinski definition) is 4. The largest absolute Gasteiger partial charge is 0.368 e. The molecule has 0 spiro atoms. The van der Waals surface area contributed by atoms with Gasteiger partial charge in [0, 0.05) is 17.8 Å². The molecular formula is C7H9N3OS. The zero-order chi connectivity index (χ0) is 8.55. The molecule has 1 atom stereocenters. The number of nitrogens with two attached hydrogens (primary N) is 1. The highest BCUT2D eigenvalue weighted by molar-refractivity contribution is 7.09. The summed E-state index contributed by atoms with van der Waals surface area (Å²) in [6.07, 6.45) is 0.633. The molecule has 0 bridgehead atoms. The van der Waals surface area contributed by atoms with E-state index in [-0.39, 0.29) is 11.9 Å². The van der Waals surface area contributed by atoms with E-state index in [2.05, 4.69) is 10.3 Å². The lowest BCUT2D eigenvalue weighted by atomic mass is 10.1. The van der Waals surface area contributed by atoms with Crippen LogP contribution in [0.4, 0.5) is 0 Å². The third-order valence-electron chi connectivity index (χ3n) is 1.98. The predicted octanol–water partition coefficient (Wildman–Crippen LogP) is -0.357. The Kier molecular flexibility index (Phi) is 1.82. The lowest BCUT2D eigenvalue weighted by Crippen LogP contribution is -2.45. The van der Waals surface area contributed by atoms with Gasteiger partial charge in [0.25, 0.3) is 0 Å². The topological polar surface area (TPSA) is 68.0 Å². The van der Waals surface area contributed by atoms with Crippen LogP contribution in [0.5, 0.6) is 0 Å². The number of carbonyl (C=O) groups excluding carboxylic acids is 1. The quantitative estimate of drug-likeness (QED) is 0.625. The molecule has 1 amide bonds. The molecular weight excluding hydrogens is 174 g/mol. The van der Waals surface area contributed by atoms with Crippen molar-refractivity contribution in [1.29, 1.82) is 0 Å². The number of amides is 1. The van der Waals surface area contributed by atoms with E-state index >= 15 is 0 Å². The van der Waals surface area contributed by atoms with Crippen LogP contribution in [0.3, 0.4) is 0 Å². The van der Waals surface area contributed by atoms with Crippen molar-refractivity contribution < 1.29 is 4.79 Å². The van der Waals surface area contributed by atoms with Gasteiger partial charge < -0.3 is 11.1 Å². The molecule has 0 aliphatic carbocycles. The second-order valence-electron chi connectivity index (χ2n) is 2.76. The number of aromatic nitrogens is 1. The number of rotatable bonds is 1. The molecule has 64 valence electrons. The second-order valence-corrected chi connectivity index (χ2v) is 3.70. The van der Waals surface area contributed by atoms with Gasteiger partial charge in [0.05, 0.1) is 17.2 Å². The average Bonchev–Trinajstić information content (AvgIpc) is 2.49. The van der Waals surface area contributed by atoms with Crippen LogP contribution in [-0.4, -0.2) is 16.9 Å². The fourth-order valence-corrected chi connectivity index (χ4v) is 2.03. The van der Waals surface area contributed by atoms with Crippen molar-refractivity contribution in [3.63, 3.8) is 0 Å². The van der Waals surface area contributed by atoms with E-state index in [0.29, 0.717) is 13.0 Å². The summed E-state index contributed by atoms with van der Waals surface area (Å²) in [7, 11) is 0. The van der Waals surface area contributed by atoms with Gasteiger partial charge in [-0.25, -0.2) is 4.98 Å². The molecule has 0 saturated heterocycles. The average molecular weight is 183 g/mol. The summed E-state index contributed by atoms with van der Waals surface area (Å²) in [5.74, 6) is -0.298. The number of carbonyl (C=O) groups is 1. The van der Waals surface area contributed by atoms with Crippen LogP contribution in [0.15, 0.2) is 5.51 Å². The monoisotopic (exact) mass is 183 g/mol. The van der Waals surface area contributed by atoms with E-state index in [1.165, 1.54) is 4.88 Å². The van der Waals surface area contributed by atoms with E-state index in [9.17, 15) is 4.79 Å². The first-order chi connectivity index (χ1) is 5.77. The fourth-order valence-electron chi connectivity index (χ4n) is 1.29. The number of hydrogen-bond donors (Lipinski definition) is 2. The minimum absolute atomic E-state index is 0.236. The van der Waals surface area contributed by atoms with Crippen LogP contribution in [0, 0.1) is 0 Å². The highest BCUT2D eigenvalue weighted by atomic mass is 32.1. The first-order valence-corrected chi connectivity index (χ1v) is 4.59. The van der Waals surface area contributed by atoms with Crippen molar-refractivity contribution in [2.45, 2.75) is 19.0 Å². The normalized spacial score (nSPS) is 21.8. The molecule has 1 aromatic heterocycles. The number of nitrogens with zero attached hydrogens (tertiary/aromatic N) is 1. The first kappa shape index (κ1) is 7.70. The highest BCUT2D eigenvalue weighted by Gasteiger charge is 2.23. The van der Waals surface area contributed by atoms with Crippen LogP contribution in [-0.2, 0) is 17.8 Å². The van der Waals surface area contributed by atoms with Gasteiger partial charge >= 0.3 is 0 Å². The van der Waals surface area contributed by atoms with E-state index in [4.69, 9.17) is 5.73 Å². The molecule has 0 radical (unpaired) electrons. The second kappa shape index (κ2) is 2.84. The summed E-state index contributed by atoms with van der Waals surface area (Å²) < 4.78 is 0. The van der Waals surface area contributed by atoms with Crippen molar-refractivity contribution in [3.8, 4) is 0 Å². The van der Waals surface area contributed by atoms with Crippen LogP contribution in [0.2, 0.25) is 0 Å². The van der Waals surface area contributed by atoms with E-state index < -0.39 is 0 Å². The van der Waals surface area contributed by atoms with E-state index in [0.717, 1.165) is 5.69 Å². The van der Waals surface area contributed by atoms with Gasteiger partial charge in [0.1, 0.15) is 0 Å². The number of fused-ring (bicyclic) bond motifs is 1. The molecule has 1 aromatic rings. The Labute approximate surface area is 73.8 Å². The Morgan fingerprint density at radius 2 is 2.67 bits per heavy atom. The smallest absolute Gasteiger partial charge is 0.234 e. The van der Waals surface area contributed by atoms with Crippen LogP contribution < -0.4 is 11.1 Å². The summed E-state index contributed by atoms with van der Waals surface area (Å²) in [6, 6.07) is -0.236. The third kappa shape index (κ3) is 1.21. The summed E-state index contributed by atoms with van der Waals surface area (Å²) in [5, 5.41) is 3.06. The lowest BCUT2D eigenvalue weighted by molar-refractivity contribution is -0.120. The molecule has 5 heteroatoms. The molecule has 0 saturated carbocycles. The molecule has 0 aromatic carbocycles. The number of nitrogens with one attached hydrogen (secondary N) is 1. The highest BCUT2D eigenvalue weighted by Crippen LogP contribution is 2.18. The molecule has 1 aliphatic heterocycles. The van der Waals surface area contributed by atoms with Crippen molar-refractivity contribution in [3.05, 3.63) is 16.1 Å². The molecule has 2 heterocycles. The maximum absolute atomic E-state index is 10.8. The summed E-state index contributed by atoms with van der Waals surface area (Å²) in [4.78, 5) is 16.2. The molecule has 4 nitrogen and oxygen atoms in total. The summed E-state index contributed by atoms with van der Waals surface area (Å²) in [5.41, 5.74) is 7.98. The van der Waals surface area contributed by atoms with Gasteiger partial charge in [-0.2, -0.15) is 0 Å². The lowest BCUT2D eigenvalue weighted by Gasteiger charge is -2.19. The predicted molar refractivity (Wildman–Crippen MR) is 45.6 cm³/mol. The SMILES string of the molecule is NC(=O)C1Cc2ncsc2CN1. The third-order valence-corrected chi connectivity index (χ3v) is 2.85. The fraction of sp³-hybridized carbons (Fsp3) is 0.429. The maximum atomic E-state index is 10.8. The van der Waals surface area contributed by atoms with Gasteiger partial charge in [-0.3, -0.25) is 4.79 Å².